The first-order valence-corrected chi connectivity index (χ1v) is 7.74. The van der Waals surface area contributed by atoms with E-state index in [4.69, 9.17) is 4.74 Å². The van der Waals surface area contributed by atoms with E-state index in [0.717, 1.165) is 6.42 Å². The normalized spacial score (nSPS) is 18.0. The van der Waals surface area contributed by atoms with Crippen LogP contribution in [-0.2, 0) is 9.53 Å². The Hall–Kier alpha value is -2.11. The summed E-state index contributed by atoms with van der Waals surface area (Å²) in [5.41, 5.74) is 0.585. The van der Waals surface area contributed by atoms with E-state index in [9.17, 15) is 14.0 Å². The average Bonchev–Trinajstić information content (AvgIpc) is 2.89. The van der Waals surface area contributed by atoms with E-state index < -0.39 is 17.7 Å². The Bertz CT molecular complexity index is 610. The van der Waals surface area contributed by atoms with Crippen molar-refractivity contribution < 1.29 is 18.7 Å². The van der Waals surface area contributed by atoms with Gasteiger partial charge in [0.2, 0.25) is 5.91 Å². The molecule has 1 heterocycles. The molecule has 1 atom stereocenters. The molecule has 1 aromatic carbocycles. The van der Waals surface area contributed by atoms with Gasteiger partial charge in [-0.2, -0.15) is 0 Å². The SMILES string of the molecule is Cc1cc(F)ccc1NC(=O)[C@@H]1CCCN1C(=O)OC(C)(C)C. The second-order valence-corrected chi connectivity index (χ2v) is 6.78. The topological polar surface area (TPSA) is 58.6 Å². The standard InChI is InChI=1S/C17H23FN2O3/c1-11-10-12(18)7-8-13(11)19-15(21)14-6-5-9-20(14)16(22)23-17(2,3)4/h7-8,10,14H,5-6,9H2,1-4H3,(H,19,21)/t14-/m0/s1. The Balaban J connectivity index is 2.07. The first-order chi connectivity index (χ1) is 10.7. The fourth-order valence-corrected chi connectivity index (χ4v) is 2.56. The van der Waals surface area contributed by atoms with E-state index in [1.807, 2.05) is 0 Å². The lowest BCUT2D eigenvalue weighted by molar-refractivity contribution is -0.120. The summed E-state index contributed by atoms with van der Waals surface area (Å²) in [4.78, 5) is 26.1. The molecule has 23 heavy (non-hydrogen) atoms. The molecule has 2 rings (SSSR count). The van der Waals surface area contributed by atoms with Crippen LogP contribution in [0.1, 0.15) is 39.2 Å². The molecule has 0 radical (unpaired) electrons. The molecule has 0 spiro atoms. The molecular weight excluding hydrogens is 299 g/mol. The number of nitrogens with zero attached hydrogens (tertiary/aromatic N) is 1. The number of hydrogen-bond acceptors (Lipinski definition) is 3. The Morgan fingerprint density at radius 3 is 2.65 bits per heavy atom. The predicted molar refractivity (Wildman–Crippen MR) is 85.7 cm³/mol. The highest BCUT2D eigenvalue weighted by molar-refractivity contribution is 5.97. The summed E-state index contributed by atoms with van der Waals surface area (Å²) < 4.78 is 18.5. The summed E-state index contributed by atoms with van der Waals surface area (Å²) in [5, 5.41) is 2.77. The second kappa shape index (κ2) is 6.56. The highest BCUT2D eigenvalue weighted by Gasteiger charge is 2.36. The zero-order valence-corrected chi connectivity index (χ0v) is 14.0. The Morgan fingerprint density at radius 1 is 1.35 bits per heavy atom. The maximum absolute atomic E-state index is 13.1. The Kier molecular flexibility index (Phi) is 4.92. The van der Waals surface area contributed by atoms with Gasteiger partial charge in [-0.05, 0) is 64.3 Å². The summed E-state index contributed by atoms with van der Waals surface area (Å²) in [6.45, 7) is 7.59. The summed E-state index contributed by atoms with van der Waals surface area (Å²) in [7, 11) is 0. The van der Waals surface area contributed by atoms with E-state index in [1.165, 1.54) is 23.1 Å². The highest BCUT2D eigenvalue weighted by atomic mass is 19.1. The number of likely N-dealkylation sites (tertiary alicyclic amines) is 1. The number of amides is 2. The number of aryl methyl sites for hydroxylation is 1. The third-order valence-electron chi connectivity index (χ3n) is 3.63. The molecule has 0 aliphatic carbocycles. The summed E-state index contributed by atoms with van der Waals surface area (Å²) in [6, 6.07) is 3.61. The largest absolute Gasteiger partial charge is 0.444 e. The first kappa shape index (κ1) is 17.2. The third kappa shape index (κ3) is 4.43. The number of anilines is 1. The molecule has 0 bridgehead atoms. The van der Waals surface area contributed by atoms with Gasteiger partial charge in [0, 0.05) is 12.2 Å². The van der Waals surface area contributed by atoms with Gasteiger partial charge in [-0.3, -0.25) is 9.69 Å². The van der Waals surface area contributed by atoms with E-state index in [-0.39, 0.29) is 11.7 Å². The minimum absolute atomic E-state index is 0.275. The number of benzene rings is 1. The van der Waals surface area contributed by atoms with Crippen molar-refractivity contribution in [3.05, 3.63) is 29.6 Å². The molecule has 5 nitrogen and oxygen atoms in total. The van der Waals surface area contributed by atoms with Crippen LogP contribution in [0.3, 0.4) is 0 Å². The van der Waals surface area contributed by atoms with E-state index in [2.05, 4.69) is 5.32 Å². The van der Waals surface area contributed by atoms with Crippen LogP contribution in [0.5, 0.6) is 0 Å². The summed E-state index contributed by atoms with van der Waals surface area (Å²) >= 11 is 0. The number of carbonyl (C=O) groups excluding carboxylic acids is 2. The Labute approximate surface area is 135 Å². The molecule has 0 unspecified atom stereocenters. The van der Waals surface area contributed by atoms with Crippen molar-refractivity contribution in [2.45, 2.75) is 52.2 Å². The number of rotatable bonds is 2. The zero-order chi connectivity index (χ0) is 17.2. The van der Waals surface area contributed by atoms with Gasteiger partial charge in [-0.25, -0.2) is 9.18 Å². The molecule has 1 fully saturated rings. The van der Waals surface area contributed by atoms with E-state index in [1.54, 1.807) is 27.7 Å². The molecule has 1 aliphatic rings. The number of halogens is 1. The third-order valence-corrected chi connectivity index (χ3v) is 3.63. The smallest absolute Gasteiger partial charge is 0.410 e. The van der Waals surface area contributed by atoms with Crippen molar-refractivity contribution in [3.8, 4) is 0 Å². The molecule has 1 aromatic rings. The van der Waals surface area contributed by atoms with Gasteiger partial charge in [0.15, 0.2) is 0 Å². The van der Waals surface area contributed by atoms with Crippen molar-refractivity contribution in [2.75, 3.05) is 11.9 Å². The van der Waals surface area contributed by atoms with E-state index in [0.29, 0.717) is 24.2 Å². The summed E-state index contributed by atoms with van der Waals surface area (Å²) in [5.74, 6) is -0.625. The van der Waals surface area contributed by atoms with E-state index >= 15 is 0 Å². The first-order valence-electron chi connectivity index (χ1n) is 7.74. The lowest BCUT2D eigenvalue weighted by Gasteiger charge is -2.28. The van der Waals surface area contributed by atoms with Crippen LogP contribution in [0.15, 0.2) is 18.2 Å². The van der Waals surface area contributed by atoms with Gasteiger partial charge in [-0.15, -0.1) is 0 Å². The number of ether oxygens (including phenoxy) is 1. The summed E-state index contributed by atoms with van der Waals surface area (Å²) in [6.07, 6.45) is 0.858. The molecule has 0 aromatic heterocycles. The number of hydrogen-bond donors (Lipinski definition) is 1. The molecular formula is C17H23FN2O3. The highest BCUT2D eigenvalue weighted by Crippen LogP contribution is 2.23. The maximum Gasteiger partial charge on any atom is 0.410 e. The van der Waals surface area contributed by atoms with Crippen molar-refractivity contribution in [2.24, 2.45) is 0 Å². The molecule has 1 aliphatic heterocycles. The van der Waals surface area contributed by atoms with Crippen molar-refractivity contribution >= 4 is 17.7 Å². The van der Waals surface area contributed by atoms with Gasteiger partial charge >= 0.3 is 6.09 Å². The van der Waals surface area contributed by atoms with Crippen LogP contribution < -0.4 is 5.32 Å². The van der Waals surface area contributed by atoms with Gasteiger partial charge in [0.1, 0.15) is 17.5 Å². The van der Waals surface area contributed by atoms with Gasteiger partial charge < -0.3 is 10.1 Å². The van der Waals surface area contributed by atoms with Crippen molar-refractivity contribution in [1.82, 2.24) is 4.90 Å². The molecule has 2 amide bonds. The minimum atomic E-state index is -0.603. The molecule has 1 saturated heterocycles. The monoisotopic (exact) mass is 322 g/mol. The molecule has 1 N–H and O–H groups in total. The van der Waals surface area contributed by atoms with Crippen LogP contribution >= 0.6 is 0 Å². The lowest BCUT2D eigenvalue weighted by atomic mass is 10.1. The van der Waals surface area contributed by atoms with Crippen LogP contribution in [-0.4, -0.2) is 35.1 Å². The molecule has 0 saturated carbocycles. The van der Waals surface area contributed by atoms with Gasteiger partial charge in [0.25, 0.3) is 0 Å². The maximum atomic E-state index is 13.1. The van der Waals surface area contributed by atoms with Crippen molar-refractivity contribution in [1.29, 1.82) is 0 Å². The Morgan fingerprint density at radius 2 is 2.04 bits per heavy atom. The fourth-order valence-electron chi connectivity index (χ4n) is 2.56. The van der Waals surface area contributed by atoms with Crippen LogP contribution in [0.25, 0.3) is 0 Å². The van der Waals surface area contributed by atoms with Gasteiger partial charge in [0.05, 0.1) is 0 Å². The molecule has 126 valence electrons. The quantitative estimate of drug-likeness (QED) is 0.907. The molecule has 6 heteroatoms. The average molecular weight is 322 g/mol. The predicted octanol–water partition coefficient (Wildman–Crippen LogP) is 3.47. The minimum Gasteiger partial charge on any atom is -0.444 e. The van der Waals surface area contributed by atoms with Crippen LogP contribution in [0.4, 0.5) is 14.9 Å². The van der Waals surface area contributed by atoms with Crippen molar-refractivity contribution in [3.63, 3.8) is 0 Å². The van der Waals surface area contributed by atoms with Crippen LogP contribution in [0.2, 0.25) is 0 Å². The van der Waals surface area contributed by atoms with Gasteiger partial charge in [-0.1, -0.05) is 0 Å². The number of carbonyl (C=O) groups is 2. The zero-order valence-electron chi connectivity index (χ0n) is 14.0. The van der Waals surface area contributed by atoms with Crippen LogP contribution in [0, 0.1) is 12.7 Å². The second-order valence-electron chi connectivity index (χ2n) is 6.78. The number of nitrogens with one attached hydrogen (secondary N) is 1. The fraction of sp³-hybridized carbons (Fsp3) is 0.529. The lowest BCUT2D eigenvalue weighted by Crippen LogP contribution is -2.45.